The second-order valence-corrected chi connectivity index (χ2v) is 6.59. The molecule has 3 rings (SSSR count). The van der Waals surface area contributed by atoms with Gasteiger partial charge in [0.1, 0.15) is 6.61 Å². The van der Waals surface area contributed by atoms with Gasteiger partial charge in [-0.1, -0.05) is 12.6 Å². The largest absolute Gasteiger partial charge is 0.447 e. The summed E-state index contributed by atoms with van der Waals surface area (Å²) in [4.78, 5) is 41.6. The van der Waals surface area contributed by atoms with Crippen molar-refractivity contribution in [3.05, 3.63) is 24.3 Å². The van der Waals surface area contributed by atoms with Gasteiger partial charge in [-0.15, -0.1) is 0 Å². The lowest BCUT2D eigenvalue weighted by molar-refractivity contribution is -0.125. The van der Waals surface area contributed by atoms with Crippen LogP contribution in [-0.4, -0.2) is 73.5 Å². The predicted octanol–water partition coefficient (Wildman–Crippen LogP) is 1.23. The van der Waals surface area contributed by atoms with Crippen molar-refractivity contribution in [2.24, 2.45) is 0 Å². The van der Waals surface area contributed by atoms with Crippen molar-refractivity contribution in [1.82, 2.24) is 9.80 Å². The van der Waals surface area contributed by atoms with Crippen LogP contribution in [0.1, 0.15) is 0 Å². The fourth-order valence-electron chi connectivity index (χ4n) is 2.97. The van der Waals surface area contributed by atoms with Crippen LogP contribution in [0.25, 0.3) is 0 Å². The Morgan fingerprint density at radius 2 is 1.92 bits per heavy atom. The number of rotatable bonds is 4. The number of hydrogen-bond donors (Lipinski definition) is 1. The van der Waals surface area contributed by atoms with Gasteiger partial charge in [0.25, 0.3) is 5.24 Å². The van der Waals surface area contributed by atoms with Gasteiger partial charge in [0.2, 0.25) is 5.91 Å². The fourth-order valence-corrected chi connectivity index (χ4v) is 3.05. The number of likely N-dealkylation sites (N-methyl/N-ethyl adjacent to an activating group) is 2. The molecule has 1 atom stereocenters. The number of hydrogen-bond acceptors (Lipinski definition) is 5. The maximum Gasteiger partial charge on any atom is 0.414 e. The first-order valence-electron chi connectivity index (χ1n) is 7.86. The smallest absolute Gasteiger partial charge is 0.414 e. The molecule has 9 heteroatoms. The zero-order valence-electron chi connectivity index (χ0n) is 14.1. The SMILES string of the molecule is CN(CC1COC(=O)N1c1ccc(N2CC(=O)N(C)C2)cc1)C(=O)S. The van der Waals surface area contributed by atoms with Crippen LogP contribution in [0.3, 0.4) is 0 Å². The highest BCUT2D eigenvalue weighted by Gasteiger charge is 2.35. The number of benzene rings is 1. The van der Waals surface area contributed by atoms with Gasteiger partial charge >= 0.3 is 6.09 Å². The second-order valence-electron chi connectivity index (χ2n) is 6.21. The molecule has 2 aliphatic heterocycles. The third kappa shape index (κ3) is 3.51. The highest BCUT2D eigenvalue weighted by Crippen LogP contribution is 2.27. The Labute approximate surface area is 151 Å². The summed E-state index contributed by atoms with van der Waals surface area (Å²) in [6.45, 7) is 1.44. The zero-order chi connectivity index (χ0) is 18.1. The molecule has 3 amide bonds. The summed E-state index contributed by atoms with van der Waals surface area (Å²) in [5.74, 6) is 0.0757. The molecular weight excluding hydrogens is 344 g/mol. The first-order chi connectivity index (χ1) is 11.9. The number of carbonyl (C=O) groups is 3. The summed E-state index contributed by atoms with van der Waals surface area (Å²) in [6.07, 6.45) is -0.436. The quantitative estimate of drug-likeness (QED) is 0.814. The number of cyclic esters (lactones) is 1. The van der Waals surface area contributed by atoms with Crippen molar-refractivity contribution in [1.29, 1.82) is 0 Å². The minimum absolute atomic E-state index is 0.0757. The van der Waals surface area contributed by atoms with Crippen LogP contribution in [0.15, 0.2) is 24.3 Å². The molecule has 25 heavy (non-hydrogen) atoms. The monoisotopic (exact) mass is 364 g/mol. The van der Waals surface area contributed by atoms with Crippen molar-refractivity contribution in [2.45, 2.75) is 6.04 Å². The molecule has 2 saturated heterocycles. The standard InChI is InChI=1S/C16H20N4O4S/c1-17(16(23)25)7-13-9-24-15(22)20(13)12-5-3-11(4-6-12)19-8-14(21)18(2)10-19/h3-6,13H,7-10H2,1-2H3,(H,23,25). The maximum atomic E-state index is 12.1. The Bertz CT molecular complexity index is 696. The van der Waals surface area contributed by atoms with Gasteiger partial charge in [0.15, 0.2) is 0 Å². The summed E-state index contributed by atoms with van der Waals surface area (Å²) in [5.41, 5.74) is 1.60. The molecule has 2 heterocycles. The highest BCUT2D eigenvalue weighted by atomic mass is 32.1. The van der Waals surface area contributed by atoms with E-state index in [1.807, 2.05) is 29.2 Å². The average molecular weight is 364 g/mol. The van der Waals surface area contributed by atoms with Crippen molar-refractivity contribution in [2.75, 3.05) is 50.3 Å². The van der Waals surface area contributed by atoms with E-state index in [1.165, 1.54) is 9.80 Å². The molecule has 0 bridgehead atoms. The van der Waals surface area contributed by atoms with E-state index in [4.69, 9.17) is 4.74 Å². The molecule has 1 aromatic carbocycles. The molecule has 2 fully saturated rings. The number of ether oxygens (including phenoxy) is 1. The molecule has 0 aliphatic carbocycles. The number of amides is 3. The van der Waals surface area contributed by atoms with Crippen LogP contribution in [0.5, 0.6) is 0 Å². The van der Waals surface area contributed by atoms with Crippen LogP contribution >= 0.6 is 12.6 Å². The Morgan fingerprint density at radius 3 is 2.48 bits per heavy atom. The van der Waals surface area contributed by atoms with E-state index < -0.39 is 6.09 Å². The molecule has 8 nitrogen and oxygen atoms in total. The molecule has 2 aliphatic rings. The van der Waals surface area contributed by atoms with Crippen molar-refractivity contribution in [3.63, 3.8) is 0 Å². The first-order valence-corrected chi connectivity index (χ1v) is 8.30. The molecule has 0 radical (unpaired) electrons. The summed E-state index contributed by atoms with van der Waals surface area (Å²) in [6, 6.07) is 7.12. The maximum absolute atomic E-state index is 12.1. The zero-order valence-corrected chi connectivity index (χ0v) is 15.0. The van der Waals surface area contributed by atoms with Gasteiger partial charge in [-0.25, -0.2) is 4.79 Å². The second kappa shape index (κ2) is 6.83. The third-order valence-electron chi connectivity index (χ3n) is 4.40. The number of anilines is 2. The van der Waals surface area contributed by atoms with Gasteiger partial charge in [0.05, 0.1) is 19.3 Å². The lowest BCUT2D eigenvalue weighted by Crippen LogP contribution is -2.42. The van der Waals surface area contributed by atoms with E-state index in [1.54, 1.807) is 19.0 Å². The van der Waals surface area contributed by atoms with Crippen molar-refractivity contribution in [3.8, 4) is 0 Å². The highest BCUT2D eigenvalue weighted by molar-refractivity contribution is 7.96. The number of nitrogens with zero attached hydrogens (tertiary/aromatic N) is 4. The predicted molar refractivity (Wildman–Crippen MR) is 96.1 cm³/mol. The molecule has 0 aromatic heterocycles. The van der Waals surface area contributed by atoms with E-state index in [-0.39, 0.29) is 23.8 Å². The Morgan fingerprint density at radius 1 is 1.28 bits per heavy atom. The van der Waals surface area contributed by atoms with Gasteiger partial charge < -0.3 is 19.4 Å². The van der Waals surface area contributed by atoms with Crippen LogP contribution in [0.2, 0.25) is 0 Å². The van der Waals surface area contributed by atoms with Crippen LogP contribution < -0.4 is 9.80 Å². The van der Waals surface area contributed by atoms with Crippen LogP contribution in [0.4, 0.5) is 21.0 Å². The van der Waals surface area contributed by atoms with E-state index in [0.29, 0.717) is 25.4 Å². The molecule has 0 N–H and O–H groups in total. The van der Waals surface area contributed by atoms with Crippen LogP contribution in [0, 0.1) is 0 Å². The van der Waals surface area contributed by atoms with Gasteiger partial charge in [-0.2, -0.15) is 0 Å². The molecular formula is C16H20N4O4S. The van der Waals surface area contributed by atoms with E-state index in [0.717, 1.165) is 5.69 Å². The molecule has 1 aromatic rings. The minimum atomic E-state index is -0.436. The summed E-state index contributed by atoms with van der Waals surface area (Å²) >= 11 is 3.79. The minimum Gasteiger partial charge on any atom is -0.447 e. The number of thiol groups is 1. The van der Waals surface area contributed by atoms with E-state index >= 15 is 0 Å². The fraction of sp³-hybridized carbons (Fsp3) is 0.438. The Balaban J connectivity index is 1.74. The van der Waals surface area contributed by atoms with Gasteiger partial charge in [0, 0.05) is 32.0 Å². The molecule has 1 unspecified atom stereocenters. The normalized spacial score (nSPS) is 20.3. The first kappa shape index (κ1) is 17.4. The van der Waals surface area contributed by atoms with Crippen molar-refractivity contribution >= 4 is 41.2 Å². The van der Waals surface area contributed by atoms with Gasteiger partial charge in [-0.3, -0.25) is 14.5 Å². The number of carbonyl (C=O) groups excluding carboxylic acids is 3. The average Bonchev–Trinajstić information content (AvgIpc) is 3.10. The van der Waals surface area contributed by atoms with Gasteiger partial charge in [-0.05, 0) is 24.3 Å². The van der Waals surface area contributed by atoms with Crippen LogP contribution in [-0.2, 0) is 9.53 Å². The molecule has 134 valence electrons. The van der Waals surface area contributed by atoms with E-state index in [9.17, 15) is 14.4 Å². The van der Waals surface area contributed by atoms with E-state index in [2.05, 4.69) is 12.6 Å². The molecule has 0 spiro atoms. The molecule has 0 saturated carbocycles. The summed E-state index contributed by atoms with van der Waals surface area (Å²) in [5, 5.41) is -0.363. The Hall–Kier alpha value is -2.42. The third-order valence-corrected chi connectivity index (χ3v) is 4.74. The lowest BCUT2D eigenvalue weighted by atomic mass is 10.2. The summed E-state index contributed by atoms with van der Waals surface area (Å²) < 4.78 is 5.13. The topological polar surface area (TPSA) is 73.4 Å². The van der Waals surface area contributed by atoms with Crippen molar-refractivity contribution < 1.29 is 19.1 Å². The Kier molecular flexibility index (Phi) is 4.76. The summed E-state index contributed by atoms with van der Waals surface area (Å²) in [7, 11) is 3.39. The lowest BCUT2D eigenvalue weighted by Gasteiger charge is -2.26.